The average molecular weight is 272 g/mol. The number of hydrogen-bond donors (Lipinski definition) is 0. The maximum absolute atomic E-state index is 5.95. The molecule has 0 amide bonds. The number of hydrogen-bond acceptors (Lipinski definition) is 5. The van der Waals surface area contributed by atoms with Crippen molar-refractivity contribution in [3.63, 3.8) is 0 Å². The van der Waals surface area contributed by atoms with E-state index in [0.717, 1.165) is 11.1 Å². The van der Waals surface area contributed by atoms with E-state index in [1.807, 2.05) is 33.8 Å². The van der Waals surface area contributed by atoms with E-state index in [4.69, 9.17) is 13.7 Å². The van der Waals surface area contributed by atoms with Gasteiger partial charge in [-0.2, -0.15) is 0 Å². The Balaban J connectivity index is 1.86. The van der Waals surface area contributed by atoms with Crippen LogP contribution >= 0.6 is 0 Å². The summed E-state index contributed by atoms with van der Waals surface area (Å²) in [5, 5.41) is 0. The van der Waals surface area contributed by atoms with Crippen molar-refractivity contribution in [3.05, 3.63) is 31.1 Å². The van der Waals surface area contributed by atoms with Crippen molar-refractivity contribution in [2.75, 3.05) is 0 Å². The lowest BCUT2D eigenvalue weighted by atomic mass is 9.86. The summed E-state index contributed by atoms with van der Waals surface area (Å²) >= 11 is 0. The first-order valence-electron chi connectivity index (χ1n) is 6.58. The first kappa shape index (κ1) is 13.3. The van der Waals surface area contributed by atoms with E-state index in [0.29, 0.717) is 5.66 Å². The molecule has 104 valence electrons. The quantitative estimate of drug-likeness (QED) is 0.783. The Morgan fingerprint density at radius 1 is 0.950 bits per heavy atom. The molecule has 0 bridgehead atoms. The smallest absolute Gasteiger partial charge is 0.472 e. The van der Waals surface area contributed by atoms with E-state index in [1.165, 1.54) is 6.33 Å². The highest BCUT2D eigenvalue weighted by Crippen LogP contribution is 2.36. The van der Waals surface area contributed by atoms with Gasteiger partial charge in [-0.25, -0.2) is 9.97 Å². The Labute approximate surface area is 118 Å². The molecule has 1 saturated heterocycles. The van der Waals surface area contributed by atoms with Crippen molar-refractivity contribution in [2.45, 2.75) is 38.9 Å². The third-order valence-corrected chi connectivity index (χ3v) is 4.00. The fourth-order valence-corrected chi connectivity index (χ4v) is 2.04. The van der Waals surface area contributed by atoms with Crippen LogP contribution in [0.3, 0.4) is 0 Å². The predicted molar refractivity (Wildman–Crippen MR) is 75.5 cm³/mol. The number of aromatic nitrogens is 2. The minimum absolute atomic E-state index is 0.375. The minimum Gasteiger partial charge on any atom is -0.472 e. The second-order valence-corrected chi connectivity index (χ2v) is 5.95. The highest BCUT2D eigenvalue weighted by atomic mass is 16.7. The van der Waals surface area contributed by atoms with Crippen molar-refractivity contribution < 1.29 is 13.7 Å². The molecule has 1 fully saturated rings. The molecule has 1 aliphatic heterocycles. The maximum Gasteiger partial charge on any atom is 0.532 e. The molecule has 0 aliphatic carbocycles. The first-order chi connectivity index (χ1) is 9.39. The lowest BCUT2D eigenvalue weighted by Gasteiger charge is -2.32. The van der Waals surface area contributed by atoms with Crippen molar-refractivity contribution in [1.29, 1.82) is 0 Å². The summed E-state index contributed by atoms with van der Waals surface area (Å²) in [6, 6.07) is 1.90. The summed E-state index contributed by atoms with van der Waals surface area (Å²) < 4.78 is 17.5. The van der Waals surface area contributed by atoms with Gasteiger partial charge in [0.25, 0.3) is 0 Å². The second kappa shape index (κ2) is 4.43. The Morgan fingerprint density at radius 3 is 2.15 bits per heavy atom. The van der Waals surface area contributed by atoms with E-state index in [-0.39, 0.29) is 11.2 Å². The van der Waals surface area contributed by atoms with Gasteiger partial charge < -0.3 is 13.7 Å². The molecule has 6 heteroatoms. The standard InChI is InChI=1S/C14H17BN2O3/c1-13(2)14(3,4)20-15(19-13)12-5-10(8-18-12)11-6-16-9-17-7-11/h5-9H,1-4H3. The minimum atomic E-state index is -0.488. The molecule has 5 nitrogen and oxygen atoms in total. The predicted octanol–water partition coefficient (Wildman–Crippen LogP) is 2.04. The van der Waals surface area contributed by atoms with Crippen molar-refractivity contribution in [1.82, 2.24) is 9.97 Å². The molecule has 2 aromatic heterocycles. The average Bonchev–Trinajstić information content (AvgIpc) is 2.94. The van der Waals surface area contributed by atoms with Gasteiger partial charge in [-0.15, -0.1) is 0 Å². The van der Waals surface area contributed by atoms with Gasteiger partial charge in [0, 0.05) is 23.5 Å². The topological polar surface area (TPSA) is 57.4 Å². The van der Waals surface area contributed by atoms with Gasteiger partial charge in [-0.3, -0.25) is 0 Å². The molecule has 3 heterocycles. The summed E-state index contributed by atoms with van der Waals surface area (Å²) in [4.78, 5) is 8.00. The highest BCUT2D eigenvalue weighted by Gasteiger charge is 2.53. The molecule has 20 heavy (non-hydrogen) atoms. The van der Waals surface area contributed by atoms with E-state index in [9.17, 15) is 0 Å². The van der Waals surface area contributed by atoms with Crippen LogP contribution in [0.25, 0.3) is 11.1 Å². The normalized spacial score (nSPS) is 20.3. The van der Waals surface area contributed by atoms with Gasteiger partial charge >= 0.3 is 7.12 Å². The van der Waals surface area contributed by atoms with E-state index in [2.05, 4.69) is 9.97 Å². The van der Waals surface area contributed by atoms with Crippen LogP contribution < -0.4 is 5.66 Å². The molecule has 0 N–H and O–H groups in total. The summed E-state index contributed by atoms with van der Waals surface area (Å²) in [5.41, 5.74) is 1.72. The Hall–Kier alpha value is -1.66. The lowest BCUT2D eigenvalue weighted by molar-refractivity contribution is 0.00578. The third-order valence-electron chi connectivity index (χ3n) is 4.00. The van der Waals surface area contributed by atoms with Gasteiger partial charge in [0.15, 0.2) is 0 Å². The maximum atomic E-state index is 5.95. The van der Waals surface area contributed by atoms with Gasteiger partial charge in [-0.1, -0.05) is 0 Å². The van der Waals surface area contributed by atoms with Crippen LogP contribution in [0, 0.1) is 0 Å². The van der Waals surface area contributed by atoms with Crippen LogP contribution in [-0.2, 0) is 9.31 Å². The SMILES string of the molecule is CC1(C)OB(c2cc(-c3cncnc3)co2)OC1(C)C. The molecule has 0 unspecified atom stereocenters. The highest BCUT2D eigenvalue weighted by molar-refractivity contribution is 6.60. The summed E-state index contributed by atoms with van der Waals surface area (Å²) in [6.07, 6.45) is 6.65. The Kier molecular flexibility index (Phi) is 2.95. The van der Waals surface area contributed by atoms with E-state index >= 15 is 0 Å². The zero-order chi connectivity index (χ0) is 14.4. The van der Waals surface area contributed by atoms with Crippen LogP contribution in [0.5, 0.6) is 0 Å². The van der Waals surface area contributed by atoms with Crippen LogP contribution in [0.2, 0.25) is 0 Å². The lowest BCUT2D eigenvalue weighted by Crippen LogP contribution is -2.41. The van der Waals surface area contributed by atoms with Crippen LogP contribution in [0.15, 0.2) is 35.5 Å². The van der Waals surface area contributed by atoms with Crippen molar-refractivity contribution in [3.8, 4) is 11.1 Å². The largest absolute Gasteiger partial charge is 0.532 e. The third kappa shape index (κ3) is 2.15. The van der Waals surface area contributed by atoms with E-state index in [1.54, 1.807) is 18.7 Å². The molecule has 0 atom stereocenters. The zero-order valence-corrected chi connectivity index (χ0v) is 12.1. The van der Waals surface area contributed by atoms with Gasteiger partial charge in [0.05, 0.1) is 17.5 Å². The molecular weight excluding hydrogens is 255 g/mol. The molecule has 1 aliphatic rings. The summed E-state index contributed by atoms with van der Waals surface area (Å²) in [6.45, 7) is 8.06. The van der Waals surface area contributed by atoms with Crippen LogP contribution in [-0.4, -0.2) is 28.3 Å². The van der Waals surface area contributed by atoms with E-state index < -0.39 is 7.12 Å². The number of furan rings is 1. The number of nitrogens with zero attached hydrogens (tertiary/aromatic N) is 2. The monoisotopic (exact) mass is 272 g/mol. The Morgan fingerprint density at radius 2 is 1.55 bits per heavy atom. The second-order valence-electron chi connectivity index (χ2n) is 5.95. The Bertz CT molecular complexity index is 594. The fourth-order valence-electron chi connectivity index (χ4n) is 2.04. The summed E-state index contributed by atoms with van der Waals surface area (Å²) in [7, 11) is -0.488. The van der Waals surface area contributed by atoms with Crippen molar-refractivity contribution >= 4 is 12.8 Å². The molecular formula is C14H17BN2O3. The number of rotatable bonds is 2. The molecule has 0 spiro atoms. The first-order valence-corrected chi connectivity index (χ1v) is 6.58. The molecule has 2 aromatic rings. The van der Waals surface area contributed by atoms with Crippen LogP contribution in [0.4, 0.5) is 0 Å². The summed E-state index contributed by atoms with van der Waals surface area (Å²) in [5.74, 6) is 0. The van der Waals surface area contributed by atoms with Crippen molar-refractivity contribution in [2.24, 2.45) is 0 Å². The zero-order valence-electron chi connectivity index (χ0n) is 12.1. The molecule has 0 aromatic carbocycles. The molecule has 0 radical (unpaired) electrons. The molecule has 3 rings (SSSR count). The van der Waals surface area contributed by atoms with Gasteiger partial charge in [0.2, 0.25) is 0 Å². The van der Waals surface area contributed by atoms with Crippen LogP contribution in [0.1, 0.15) is 27.7 Å². The van der Waals surface area contributed by atoms with Gasteiger partial charge in [0.1, 0.15) is 12.0 Å². The fraction of sp³-hybridized carbons (Fsp3) is 0.429. The van der Waals surface area contributed by atoms with Gasteiger partial charge in [-0.05, 0) is 33.8 Å². The molecule has 0 saturated carbocycles.